The molecule has 1 nitrogen and oxygen atoms in total. The Kier molecular flexibility index (Phi) is 3.56. The van der Waals surface area contributed by atoms with Crippen LogP contribution >= 0.6 is 0 Å². The second-order valence-corrected chi connectivity index (χ2v) is 4.59. The van der Waals surface area contributed by atoms with E-state index in [9.17, 15) is 5.11 Å². The van der Waals surface area contributed by atoms with Crippen LogP contribution in [0.2, 0.25) is 0 Å². The molecule has 0 amide bonds. The van der Waals surface area contributed by atoms with E-state index in [1.165, 1.54) is 5.56 Å². The maximum Gasteiger partial charge on any atom is 0.119 e. The zero-order valence-corrected chi connectivity index (χ0v) is 9.54. The van der Waals surface area contributed by atoms with Gasteiger partial charge in [0.1, 0.15) is 5.75 Å². The van der Waals surface area contributed by atoms with Gasteiger partial charge in [-0.05, 0) is 36.8 Å². The molecule has 0 bridgehead atoms. The fourth-order valence-corrected chi connectivity index (χ4v) is 1.90. The summed E-state index contributed by atoms with van der Waals surface area (Å²) in [5.74, 6) is 1.54. The standard InChI is InChI=1S/C13H20O/c1-9(2)7-11(4)12-8-10(3)5-6-13(12)14/h5-6,8-9,11,14H,7H2,1-4H3. The molecule has 0 saturated heterocycles. The number of benzene rings is 1. The third-order valence-corrected chi connectivity index (χ3v) is 2.54. The Morgan fingerprint density at radius 2 is 1.86 bits per heavy atom. The topological polar surface area (TPSA) is 20.2 Å². The van der Waals surface area contributed by atoms with Crippen molar-refractivity contribution in [2.75, 3.05) is 0 Å². The van der Waals surface area contributed by atoms with Gasteiger partial charge in [0.05, 0.1) is 0 Å². The molecule has 1 atom stereocenters. The van der Waals surface area contributed by atoms with Gasteiger partial charge >= 0.3 is 0 Å². The fourth-order valence-electron chi connectivity index (χ4n) is 1.90. The Morgan fingerprint density at radius 1 is 1.21 bits per heavy atom. The van der Waals surface area contributed by atoms with Gasteiger partial charge in [-0.1, -0.05) is 38.5 Å². The van der Waals surface area contributed by atoms with E-state index in [0.29, 0.717) is 17.6 Å². The first-order valence-corrected chi connectivity index (χ1v) is 5.30. The predicted octanol–water partition coefficient (Wildman–Crippen LogP) is 3.85. The molecule has 14 heavy (non-hydrogen) atoms. The van der Waals surface area contributed by atoms with Crippen molar-refractivity contribution in [3.05, 3.63) is 29.3 Å². The van der Waals surface area contributed by atoms with E-state index in [0.717, 1.165) is 12.0 Å². The molecule has 0 aliphatic carbocycles. The largest absolute Gasteiger partial charge is 0.508 e. The van der Waals surface area contributed by atoms with Crippen molar-refractivity contribution in [3.8, 4) is 5.75 Å². The molecule has 0 aliphatic heterocycles. The van der Waals surface area contributed by atoms with Crippen molar-refractivity contribution in [2.45, 2.75) is 40.0 Å². The second kappa shape index (κ2) is 4.50. The molecule has 0 aromatic heterocycles. The van der Waals surface area contributed by atoms with Crippen molar-refractivity contribution in [1.29, 1.82) is 0 Å². The Morgan fingerprint density at radius 3 is 2.43 bits per heavy atom. The first-order chi connectivity index (χ1) is 6.50. The minimum atomic E-state index is 0.434. The molecule has 78 valence electrons. The molecule has 1 N–H and O–H groups in total. The maximum absolute atomic E-state index is 9.72. The van der Waals surface area contributed by atoms with E-state index in [-0.39, 0.29) is 0 Å². The van der Waals surface area contributed by atoms with Gasteiger partial charge in [-0.3, -0.25) is 0 Å². The number of phenols is 1. The summed E-state index contributed by atoms with van der Waals surface area (Å²) in [5.41, 5.74) is 2.30. The molecule has 1 aromatic carbocycles. The second-order valence-electron chi connectivity index (χ2n) is 4.59. The highest BCUT2D eigenvalue weighted by atomic mass is 16.3. The third-order valence-electron chi connectivity index (χ3n) is 2.54. The Labute approximate surface area is 86.8 Å². The first-order valence-electron chi connectivity index (χ1n) is 5.30. The van der Waals surface area contributed by atoms with Crippen LogP contribution in [0.3, 0.4) is 0 Å². The number of phenolic OH excluding ortho intramolecular Hbond substituents is 1. The summed E-state index contributed by atoms with van der Waals surface area (Å²) in [6.07, 6.45) is 1.12. The Balaban J connectivity index is 2.88. The Bertz CT molecular complexity index is 302. The molecular weight excluding hydrogens is 172 g/mol. The van der Waals surface area contributed by atoms with E-state index >= 15 is 0 Å². The molecule has 0 saturated carbocycles. The van der Waals surface area contributed by atoms with Crippen LogP contribution in [0.15, 0.2) is 18.2 Å². The smallest absolute Gasteiger partial charge is 0.119 e. The summed E-state index contributed by atoms with van der Waals surface area (Å²) in [4.78, 5) is 0. The highest BCUT2D eigenvalue weighted by Crippen LogP contribution is 2.30. The lowest BCUT2D eigenvalue weighted by atomic mass is 9.90. The van der Waals surface area contributed by atoms with Crippen LogP contribution in [0.25, 0.3) is 0 Å². The zero-order valence-electron chi connectivity index (χ0n) is 9.54. The van der Waals surface area contributed by atoms with Crippen LogP contribution in [0, 0.1) is 12.8 Å². The van der Waals surface area contributed by atoms with Gasteiger partial charge in [0.15, 0.2) is 0 Å². The summed E-state index contributed by atoms with van der Waals surface area (Å²) in [6.45, 7) is 8.66. The summed E-state index contributed by atoms with van der Waals surface area (Å²) >= 11 is 0. The quantitative estimate of drug-likeness (QED) is 0.771. The molecule has 0 aliphatic rings. The van der Waals surface area contributed by atoms with Crippen LogP contribution in [-0.4, -0.2) is 5.11 Å². The molecule has 1 unspecified atom stereocenters. The molecular formula is C13H20O. The SMILES string of the molecule is Cc1ccc(O)c(C(C)CC(C)C)c1. The van der Waals surface area contributed by atoms with Crippen molar-refractivity contribution in [3.63, 3.8) is 0 Å². The highest BCUT2D eigenvalue weighted by molar-refractivity contribution is 5.37. The van der Waals surface area contributed by atoms with Crippen molar-refractivity contribution < 1.29 is 5.11 Å². The Hall–Kier alpha value is -0.980. The lowest BCUT2D eigenvalue weighted by Crippen LogP contribution is -1.99. The van der Waals surface area contributed by atoms with Gasteiger partial charge in [0.2, 0.25) is 0 Å². The lowest BCUT2D eigenvalue weighted by molar-refractivity contribution is 0.449. The van der Waals surface area contributed by atoms with Crippen LogP contribution in [0.5, 0.6) is 5.75 Å². The number of hydrogen-bond donors (Lipinski definition) is 1. The number of aromatic hydroxyl groups is 1. The van der Waals surface area contributed by atoms with Crippen molar-refractivity contribution in [2.24, 2.45) is 5.92 Å². The lowest BCUT2D eigenvalue weighted by Gasteiger charge is -2.16. The molecule has 0 radical (unpaired) electrons. The first kappa shape index (κ1) is 11.1. The molecule has 0 heterocycles. The van der Waals surface area contributed by atoms with Crippen LogP contribution < -0.4 is 0 Å². The number of rotatable bonds is 3. The fraction of sp³-hybridized carbons (Fsp3) is 0.538. The minimum Gasteiger partial charge on any atom is -0.508 e. The predicted molar refractivity (Wildman–Crippen MR) is 60.7 cm³/mol. The van der Waals surface area contributed by atoms with Gasteiger partial charge in [-0.2, -0.15) is 0 Å². The van der Waals surface area contributed by atoms with Crippen molar-refractivity contribution in [1.82, 2.24) is 0 Å². The monoisotopic (exact) mass is 192 g/mol. The zero-order chi connectivity index (χ0) is 10.7. The molecule has 0 fully saturated rings. The molecule has 1 aromatic rings. The van der Waals surface area contributed by atoms with Crippen LogP contribution in [-0.2, 0) is 0 Å². The maximum atomic E-state index is 9.72. The van der Waals surface area contributed by atoms with Gasteiger partial charge in [0.25, 0.3) is 0 Å². The molecule has 0 spiro atoms. The van der Waals surface area contributed by atoms with Gasteiger partial charge in [0, 0.05) is 0 Å². The average molecular weight is 192 g/mol. The number of aryl methyl sites for hydroxylation is 1. The average Bonchev–Trinajstić information content (AvgIpc) is 2.08. The van der Waals surface area contributed by atoms with E-state index in [1.807, 2.05) is 6.07 Å². The van der Waals surface area contributed by atoms with Gasteiger partial charge < -0.3 is 5.11 Å². The third kappa shape index (κ3) is 2.76. The summed E-state index contributed by atoms with van der Waals surface area (Å²) in [6, 6.07) is 5.82. The minimum absolute atomic E-state index is 0.434. The van der Waals surface area contributed by atoms with E-state index in [2.05, 4.69) is 33.8 Å². The van der Waals surface area contributed by atoms with Crippen LogP contribution in [0.4, 0.5) is 0 Å². The summed E-state index contributed by atoms with van der Waals surface area (Å²) in [5, 5.41) is 9.72. The molecule has 1 rings (SSSR count). The van der Waals surface area contributed by atoms with E-state index in [1.54, 1.807) is 6.07 Å². The summed E-state index contributed by atoms with van der Waals surface area (Å²) < 4.78 is 0. The summed E-state index contributed by atoms with van der Waals surface area (Å²) in [7, 11) is 0. The molecule has 1 heteroatoms. The van der Waals surface area contributed by atoms with Crippen LogP contribution in [0.1, 0.15) is 44.2 Å². The number of hydrogen-bond acceptors (Lipinski definition) is 1. The highest BCUT2D eigenvalue weighted by Gasteiger charge is 2.11. The van der Waals surface area contributed by atoms with Crippen molar-refractivity contribution >= 4 is 0 Å². The normalized spacial score (nSPS) is 13.2. The van der Waals surface area contributed by atoms with Gasteiger partial charge in [-0.25, -0.2) is 0 Å². The van der Waals surface area contributed by atoms with Gasteiger partial charge in [-0.15, -0.1) is 0 Å². The van der Waals surface area contributed by atoms with E-state index in [4.69, 9.17) is 0 Å². The van der Waals surface area contributed by atoms with E-state index < -0.39 is 0 Å².